The molecule has 2 N–H and O–H groups in total. The first kappa shape index (κ1) is 21.2. The lowest BCUT2D eigenvalue weighted by Gasteiger charge is -2.10. The fourth-order valence-corrected chi connectivity index (χ4v) is 3.61. The second-order valence-corrected chi connectivity index (χ2v) is 7.59. The summed E-state index contributed by atoms with van der Waals surface area (Å²) in [5, 5.41) is 9.86. The number of carbonyl (C=O) groups is 2. The molecule has 32 heavy (non-hydrogen) atoms. The van der Waals surface area contributed by atoms with Gasteiger partial charge in [0.2, 0.25) is 5.91 Å². The van der Waals surface area contributed by atoms with Crippen LogP contribution in [0.5, 0.6) is 0 Å². The minimum Gasteiger partial charge on any atom is -0.467 e. The lowest BCUT2D eigenvalue weighted by molar-refractivity contribution is -0.116. The van der Waals surface area contributed by atoms with E-state index in [1.807, 2.05) is 56.3 Å². The Hall–Kier alpha value is -4.07. The highest BCUT2D eigenvalue weighted by molar-refractivity contribution is 5.95. The number of furan rings is 1. The van der Waals surface area contributed by atoms with Crippen LogP contribution < -0.4 is 10.6 Å². The van der Waals surface area contributed by atoms with Gasteiger partial charge in [0.25, 0.3) is 5.91 Å². The van der Waals surface area contributed by atoms with Crippen molar-refractivity contribution in [3.63, 3.8) is 0 Å². The van der Waals surface area contributed by atoms with Gasteiger partial charge in [-0.2, -0.15) is 5.10 Å². The summed E-state index contributed by atoms with van der Waals surface area (Å²) in [7, 11) is 0. The first-order chi connectivity index (χ1) is 15.5. The largest absolute Gasteiger partial charge is 0.467 e. The first-order valence-corrected chi connectivity index (χ1v) is 10.3. The summed E-state index contributed by atoms with van der Waals surface area (Å²) < 4.78 is 9.05. The summed E-state index contributed by atoms with van der Waals surface area (Å²) in [4.78, 5) is 25.0. The molecule has 0 unspecified atom stereocenters. The third kappa shape index (κ3) is 4.97. The van der Waals surface area contributed by atoms with E-state index in [1.165, 1.54) is 0 Å². The van der Waals surface area contributed by atoms with E-state index >= 15 is 0 Å². The van der Waals surface area contributed by atoms with E-state index in [0.717, 1.165) is 22.7 Å². The molecule has 8 heteroatoms. The minimum atomic E-state index is -0.168. The molecule has 0 aliphatic rings. The predicted molar refractivity (Wildman–Crippen MR) is 120 cm³/mol. The summed E-state index contributed by atoms with van der Waals surface area (Å²) in [5.41, 5.74) is 4.07. The normalized spacial score (nSPS) is 10.8. The molecule has 3 aromatic heterocycles. The molecular formula is C24H25N5O3. The quantitative estimate of drug-likeness (QED) is 0.446. The Labute approximate surface area is 185 Å². The van der Waals surface area contributed by atoms with Gasteiger partial charge >= 0.3 is 0 Å². The number of nitrogens with zero attached hydrogens (tertiary/aromatic N) is 3. The zero-order valence-electron chi connectivity index (χ0n) is 18.0. The first-order valence-electron chi connectivity index (χ1n) is 10.3. The van der Waals surface area contributed by atoms with Gasteiger partial charge < -0.3 is 19.6 Å². The van der Waals surface area contributed by atoms with E-state index in [9.17, 15) is 9.59 Å². The minimum absolute atomic E-state index is 0.140. The molecule has 3 heterocycles. The SMILES string of the molecule is Cc1cc(C(=O)NCc2cccc(NC(=O)Cn3cccn3)c2)c(C)n1Cc1ccco1. The number of hydrogen-bond donors (Lipinski definition) is 2. The number of anilines is 1. The molecule has 0 saturated carbocycles. The van der Waals surface area contributed by atoms with Crippen LogP contribution in [0, 0.1) is 13.8 Å². The van der Waals surface area contributed by atoms with Crippen molar-refractivity contribution in [3.05, 3.63) is 95.5 Å². The molecule has 0 saturated heterocycles. The van der Waals surface area contributed by atoms with Crippen molar-refractivity contribution < 1.29 is 14.0 Å². The summed E-state index contributed by atoms with van der Waals surface area (Å²) in [6.45, 7) is 4.98. The molecule has 0 bridgehead atoms. The highest BCUT2D eigenvalue weighted by Crippen LogP contribution is 2.18. The van der Waals surface area contributed by atoms with Crippen LogP contribution in [-0.4, -0.2) is 26.2 Å². The van der Waals surface area contributed by atoms with E-state index in [4.69, 9.17) is 4.42 Å². The maximum Gasteiger partial charge on any atom is 0.253 e. The van der Waals surface area contributed by atoms with Crippen molar-refractivity contribution in [2.75, 3.05) is 5.32 Å². The molecule has 2 amide bonds. The molecule has 0 atom stereocenters. The Balaban J connectivity index is 1.37. The maximum atomic E-state index is 12.8. The van der Waals surface area contributed by atoms with Crippen molar-refractivity contribution in [2.24, 2.45) is 0 Å². The van der Waals surface area contributed by atoms with Crippen LogP contribution in [-0.2, 0) is 24.4 Å². The molecule has 0 radical (unpaired) electrons. The standard InChI is InChI=1S/C24H25N5O3/c1-17-12-22(18(2)29(17)15-21-8-4-11-32-21)24(31)25-14-19-6-3-7-20(13-19)27-23(30)16-28-10-5-9-26-28/h3-13H,14-16H2,1-2H3,(H,25,31)(H,27,30). The number of nitrogens with one attached hydrogen (secondary N) is 2. The van der Waals surface area contributed by atoms with E-state index in [2.05, 4.69) is 20.3 Å². The smallest absolute Gasteiger partial charge is 0.253 e. The van der Waals surface area contributed by atoms with Crippen molar-refractivity contribution in [1.29, 1.82) is 0 Å². The molecule has 0 spiro atoms. The molecule has 4 rings (SSSR count). The van der Waals surface area contributed by atoms with E-state index < -0.39 is 0 Å². The van der Waals surface area contributed by atoms with Crippen LogP contribution in [0.4, 0.5) is 5.69 Å². The molecule has 1 aromatic carbocycles. The lowest BCUT2D eigenvalue weighted by atomic mass is 10.2. The predicted octanol–water partition coefficient (Wildman–Crippen LogP) is 3.51. The van der Waals surface area contributed by atoms with Crippen molar-refractivity contribution in [1.82, 2.24) is 19.7 Å². The average molecular weight is 431 g/mol. The zero-order chi connectivity index (χ0) is 22.5. The topological polar surface area (TPSA) is 94.1 Å². The monoisotopic (exact) mass is 431 g/mol. The third-order valence-corrected chi connectivity index (χ3v) is 5.24. The number of carbonyl (C=O) groups excluding carboxylic acids is 2. The Morgan fingerprint density at radius 3 is 2.72 bits per heavy atom. The van der Waals surface area contributed by atoms with Crippen LogP contribution >= 0.6 is 0 Å². The number of rotatable bonds is 8. The fourth-order valence-electron chi connectivity index (χ4n) is 3.61. The Kier molecular flexibility index (Phi) is 6.21. The molecular weight excluding hydrogens is 406 g/mol. The molecule has 0 aliphatic heterocycles. The van der Waals surface area contributed by atoms with Crippen molar-refractivity contribution >= 4 is 17.5 Å². The van der Waals surface area contributed by atoms with Gasteiger partial charge in [0.05, 0.1) is 18.4 Å². The van der Waals surface area contributed by atoms with Crippen LogP contribution in [0.3, 0.4) is 0 Å². The lowest BCUT2D eigenvalue weighted by Crippen LogP contribution is -2.23. The van der Waals surface area contributed by atoms with Crippen LogP contribution in [0.2, 0.25) is 0 Å². The van der Waals surface area contributed by atoms with E-state index in [-0.39, 0.29) is 18.4 Å². The highest BCUT2D eigenvalue weighted by Gasteiger charge is 2.16. The van der Waals surface area contributed by atoms with Gasteiger partial charge in [0.15, 0.2) is 0 Å². The average Bonchev–Trinajstić information content (AvgIpc) is 3.52. The van der Waals surface area contributed by atoms with Gasteiger partial charge in [-0.05, 0) is 55.8 Å². The summed E-state index contributed by atoms with van der Waals surface area (Å²) in [6.07, 6.45) is 5.01. The molecule has 0 fully saturated rings. The fraction of sp³-hybridized carbons (Fsp3) is 0.208. The van der Waals surface area contributed by atoms with Crippen molar-refractivity contribution in [3.8, 4) is 0 Å². The van der Waals surface area contributed by atoms with Gasteiger partial charge in [-0.3, -0.25) is 14.3 Å². The van der Waals surface area contributed by atoms with Gasteiger partial charge in [-0.15, -0.1) is 0 Å². The van der Waals surface area contributed by atoms with Crippen molar-refractivity contribution in [2.45, 2.75) is 33.5 Å². The second kappa shape index (κ2) is 9.38. The number of aromatic nitrogens is 3. The molecule has 164 valence electrons. The number of benzene rings is 1. The third-order valence-electron chi connectivity index (χ3n) is 5.24. The maximum absolute atomic E-state index is 12.8. The number of hydrogen-bond acceptors (Lipinski definition) is 4. The Bertz CT molecular complexity index is 1210. The summed E-state index contributed by atoms with van der Waals surface area (Å²) in [5.74, 6) is 0.529. The number of aryl methyl sites for hydroxylation is 1. The van der Waals surface area contributed by atoms with E-state index in [1.54, 1.807) is 29.4 Å². The Morgan fingerprint density at radius 1 is 1.09 bits per heavy atom. The second-order valence-electron chi connectivity index (χ2n) is 7.59. The Morgan fingerprint density at radius 2 is 1.97 bits per heavy atom. The summed E-state index contributed by atoms with van der Waals surface area (Å²) >= 11 is 0. The zero-order valence-corrected chi connectivity index (χ0v) is 18.0. The van der Waals surface area contributed by atoms with Crippen LogP contribution in [0.1, 0.15) is 33.1 Å². The van der Waals surface area contributed by atoms with Gasteiger partial charge in [0, 0.05) is 36.0 Å². The van der Waals surface area contributed by atoms with Crippen LogP contribution in [0.25, 0.3) is 0 Å². The van der Waals surface area contributed by atoms with E-state index in [0.29, 0.717) is 24.3 Å². The van der Waals surface area contributed by atoms with Gasteiger partial charge in [-0.25, -0.2) is 0 Å². The molecule has 4 aromatic rings. The number of amides is 2. The van der Waals surface area contributed by atoms with Gasteiger partial charge in [0.1, 0.15) is 12.3 Å². The molecule has 8 nitrogen and oxygen atoms in total. The van der Waals surface area contributed by atoms with Crippen LogP contribution in [0.15, 0.2) is 71.6 Å². The molecule has 0 aliphatic carbocycles. The summed E-state index contributed by atoms with van der Waals surface area (Å²) in [6, 6.07) is 14.8. The van der Waals surface area contributed by atoms with Gasteiger partial charge in [-0.1, -0.05) is 12.1 Å². The highest BCUT2D eigenvalue weighted by atomic mass is 16.3.